The fourth-order valence-corrected chi connectivity index (χ4v) is 4.06. The molecule has 0 spiro atoms. The number of nitrogens with zero attached hydrogens (tertiary/aromatic N) is 3. The second-order valence-corrected chi connectivity index (χ2v) is 7.85. The van der Waals surface area contributed by atoms with Gasteiger partial charge in [-0.1, -0.05) is 18.2 Å². The van der Waals surface area contributed by atoms with Gasteiger partial charge in [-0.15, -0.1) is 0 Å². The zero-order valence-corrected chi connectivity index (χ0v) is 16.7. The third kappa shape index (κ3) is 4.44. The number of amides is 1. The number of likely N-dealkylation sites (tertiary alicyclic amines) is 1. The number of halogens is 6. The number of hydrogen-bond acceptors (Lipinski definition) is 2. The maximum Gasteiger partial charge on any atom is 0.449 e. The number of alkyl halides is 6. The number of benzene rings is 2. The number of piperidine rings is 1. The lowest BCUT2D eigenvalue weighted by molar-refractivity contribution is -0.147. The topological polar surface area (TPSA) is 38.1 Å². The van der Waals surface area contributed by atoms with E-state index in [4.69, 9.17) is 0 Å². The Kier molecular flexibility index (Phi) is 5.64. The summed E-state index contributed by atoms with van der Waals surface area (Å²) in [5, 5.41) is 0. The highest BCUT2D eigenvalue weighted by Crippen LogP contribution is 2.34. The molecule has 0 unspecified atom stereocenters. The highest BCUT2D eigenvalue weighted by molar-refractivity contribution is 5.94. The van der Waals surface area contributed by atoms with E-state index in [0.29, 0.717) is 18.4 Å². The summed E-state index contributed by atoms with van der Waals surface area (Å²) in [6.07, 6.45) is -8.27. The first-order valence-electron chi connectivity index (χ1n) is 10.0. The molecule has 0 aliphatic carbocycles. The summed E-state index contributed by atoms with van der Waals surface area (Å²) in [5.74, 6) is -1.60. The molecule has 0 N–H and O–H groups in total. The van der Waals surface area contributed by atoms with Gasteiger partial charge >= 0.3 is 12.4 Å². The number of hydrogen-bond donors (Lipinski definition) is 0. The quantitative estimate of drug-likeness (QED) is 0.481. The van der Waals surface area contributed by atoms with Crippen LogP contribution in [-0.4, -0.2) is 33.4 Å². The van der Waals surface area contributed by atoms with Crippen molar-refractivity contribution in [1.29, 1.82) is 0 Å². The second-order valence-electron chi connectivity index (χ2n) is 7.85. The van der Waals surface area contributed by atoms with Gasteiger partial charge in [0.05, 0.1) is 16.6 Å². The average molecular weight is 455 g/mol. The van der Waals surface area contributed by atoms with Crippen molar-refractivity contribution in [3.05, 3.63) is 65.5 Å². The molecular weight excluding hydrogens is 436 g/mol. The van der Waals surface area contributed by atoms with Crippen molar-refractivity contribution in [1.82, 2.24) is 14.5 Å². The van der Waals surface area contributed by atoms with Crippen LogP contribution in [0.25, 0.3) is 11.0 Å². The molecular formula is C22H19F6N3O. The molecule has 1 aromatic heterocycles. The fourth-order valence-electron chi connectivity index (χ4n) is 4.06. The molecule has 4 rings (SSSR count). The van der Waals surface area contributed by atoms with Crippen molar-refractivity contribution in [3.8, 4) is 0 Å². The van der Waals surface area contributed by atoms with Crippen molar-refractivity contribution in [3.63, 3.8) is 0 Å². The Morgan fingerprint density at radius 3 is 2.28 bits per heavy atom. The van der Waals surface area contributed by atoms with Gasteiger partial charge in [-0.3, -0.25) is 4.79 Å². The van der Waals surface area contributed by atoms with Crippen LogP contribution in [0.4, 0.5) is 26.3 Å². The summed E-state index contributed by atoms with van der Waals surface area (Å²) in [4.78, 5) is 17.8. The predicted octanol–water partition coefficient (Wildman–Crippen LogP) is 5.63. The van der Waals surface area contributed by atoms with Gasteiger partial charge in [-0.25, -0.2) is 4.98 Å². The Morgan fingerprint density at radius 1 is 0.938 bits per heavy atom. The average Bonchev–Trinajstić information content (AvgIpc) is 3.12. The molecule has 3 aromatic rings. The van der Waals surface area contributed by atoms with Crippen LogP contribution in [-0.2, 0) is 18.9 Å². The maximum absolute atomic E-state index is 13.5. The van der Waals surface area contributed by atoms with Gasteiger partial charge in [0.1, 0.15) is 0 Å². The van der Waals surface area contributed by atoms with Gasteiger partial charge < -0.3 is 9.47 Å². The van der Waals surface area contributed by atoms with E-state index >= 15 is 0 Å². The van der Waals surface area contributed by atoms with Crippen LogP contribution in [0.5, 0.6) is 0 Å². The number of rotatable bonds is 3. The highest BCUT2D eigenvalue weighted by atomic mass is 19.4. The molecule has 1 fully saturated rings. The zero-order valence-electron chi connectivity index (χ0n) is 16.7. The molecule has 10 heteroatoms. The van der Waals surface area contributed by atoms with Gasteiger partial charge in [-0.2, -0.15) is 26.3 Å². The van der Waals surface area contributed by atoms with Crippen LogP contribution in [0.1, 0.15) is 34.6 Å². The van der Waals surface area contributed by atoms with E-state index in [0.717, 1.165) is 12.1 Å². The molecule has 4 nitrogen and oxygen atoms in total. The monoisotopic (exact) mass is 455 g/mol. The van der Waals surface area contributed by atoms with Gasteiger partial charge in [0, 0.05) is 25.2 Å². The summed E-state index contributed by atoms with van der Waals surface area (Å²) in [5.41, 5.74) is -0.303. The van der Waals surface area contributed by atoms with Crippen molar-refractivity contribution in [2.24, 2.45) is 5.92 Å². The number of aromatic nitrogens is 2. The smallest absolute Gasteiger partial charge is 0.339 e. The lowest BCUT2D eigenvalue weighted by Gasteiger charge is -2.32. The molecule has 2 heterocycles. The standard InChI is InChI=1S/C22H19F6N3O/c23-21(24,25)16-5-3-4-15(12-16)19(32)30-10-8-14(9-11-30)13-31-18-7-2-1-6-17(18)29-20(31)22(26,27)28/h1-7,12,14H,8-11,13H2. The number of imidazole rings is 1. The summed E-state index contributed by atoms with van der Waals surface area (Å²) in [6.45, 7) is 0.613. The molecule has 0 atom stereocenters. The number of fused-ring (bicyclic) bond motifs is 1. The van der Waals surface area contributed by atoms with Gasteiger partial charge in [0.25, 0.3) is 5.91 Å². The number of carbonyl (C=O) groups excluding carboxylic acids is 1. The zero-order chi connectivity index (χ0) is 23.1. The Labute approximate surface area is 179 Å². The normalized spacial score (nSPS) is 16.0. The van der Waals surface area contributed by atoms with Crippen molar-refractivity contribution in [2.45, 2.75) is 31.7 Å². The van der Waals surface area contributed by atoms with E-state index in [9.17, 15) is 31.1 Å². The molecule has 1 aliphatic heterocycles. The van der Waals surface area contributed by atoms with Crippen molar-refractivity contribution >= 4 is 16.9 Å². The van der Waals surface area contributed by atoms with Crippen LogP contribution in [0, 0.1) is 5.92 Å². The Balaban J connectivity index is 1.47. The summed E-state index contributed by atoms with van der Waals surface area (Å²) < 4.78 is 80.4. The van der Waals surface area contributed by atoms with Gasteiger partial charge in [0.15, 0.2) is 0 Å². The second kappa shape index (κ2) is 8.14. The lowest BCUT2D eigenvalue weighted by Crippen LogP contribution is -2.39. The largest absolute Gasteiger partial charge is 0.449 e. The minimum Gasteiger partial charge on any atom is -0.339 e. The molecule has 170 valence electrons. The summed E-state index contributed by atoms with van der Waals surface area (Å²) in [6, 6.07) is 10.6. The van der Waals surface area contributed by atoms with Crippen molar-refractivity contribution < 1.29 is 31.1 Å². The highest BCUT2D eigenvalue weighted by Gasteiger charge is 2.38. The molecule has 1 aliphatic rings. The van der Waals surface area contributed by atoms with E-state index in [-0.39, 0.29) is 36.6 Å². The Bertz CT molecular complexity index is 1130. The van der Waals surface area contributed by atoms with E-state index in [1.165, 1.54) is 27.7 Å². The fraction of sp³-hybridized carbons (Fsp3) is 0.364. The molecule has 0 saturated carbocycles. The Hall–Kier alpha value is -3.04. The van der Waals surface area contributed by atoms with Crippen molar-refractivity contribution in [2.75, 3.05) is 13.1 Å². The predicted molar refractivity (Wildman–Crippen MR) is 105 cm³/mol. The van der Waals surface area contributed by atoms with E-state index < -0.39 is 29.6 Å². The minimum absolute atomic E-state index is 0.0572. The molecule has 1 saturated heterocycles. The lowest BCUT2D eigenvalue weighted by atomic mass is 9.95. The molecule has 0 radical (unpaired) electrons. The first-order chi connectivity index (χ1) is 15.0. The first kappa shape index (κ1) is 22.2. The van der Waals surface area contributed by atoms with E-state index in [1.54, 1.807) is 18.2 Å². The first-order valence-corrected chi connectivity index (χ1v) is 10.0. The van der Waals surface area contributed by atoms with Crippen LogP contribution < -0.4 is 0 Å². The molecule has 0 bridgehead atoms. The van der Waals surface area contributed by atoms with Crippen LogP contribution in [0.2, 0.25) is 0 Å². The summed E-state index contributed by atoms with van der Waals surface area (Å²) >= 11 is 0. The van der Waals surface area contributed by atoms with E-state index in [2.05, 4.69) is 4.98 Å². The number of para-hydroxylation sites is 2. The Morgan fingerprint density at radius 2 is 1.62 bits per heavy atom. The van der Waals surface area contributed by atoms with Crippen LogP contribution >= 0.6 is 0 Å². The molecule has 2 aromatic carbocycles. The molecule has 1 amide bonds. The SMILES string of the molecule is O=C(c1cccc(C(F)(F)F)c1)N1CCC(Cn2c(C(F)(F)F)nc3ccccc32)CC1. The maximum atomic E-state index is 13.5. The van der Waals surface area contributed by atoms with Gasteiger partial charge in [-0.05, 0) is 49.1 Å². The van der Waals surface area contributed by atoms with Crippen LogP contribution in [0.3, 0.4) is 0 Å². The molecule has 32 heavy (non-hydrogen) atoms. The van der Waals surface area contributed by atoms with Crippen LogP contribution in [0.15, 0.2) is 48.5 Å². The summed E-state index contributed by atoms with van der Waals surface area (Å²) in [7, 11) is 0. The third-order valence-electron chi connectivity index (χ3n) is 5.69. The minimum atomic E-state index is -4.60. The van der Waals surface area contributed by atoms with Gasteiger partial charge in [0.2, 0.25) is 5.82 Å². The van der Waals surface area contributed by atoms with E-state index in [1.807, 2.05) is 0 Å². The third-order valence-corrected chi connectivity index (χ3v) is 5.69. The number of carbonyl (C=O) groups is 1.